The predicted octanol–water partition coefficient (Wildman–Crippen LogP) is 7.23. The van der Waals surface area contributed by atoms with E-state index in [1.165, 1.54) is 21.4 Å². The van der Waals surface area contributed by atoms with Crippen LogP contribution in [0.2, 0.25) is 0 Å². The lowest BCUT2D eigenvalue weighted by Gasteiger charge is -2.22. The molecule has 142 valence electrons. The van der Waals surface area contributed by atoms with Gasteiger partial charge in [0, 0.05) is 12.7 Å². The van der Waals surface area contributed by atoms with Crippen molar-refractivity contribution in [3.05, 3.63) is 45.8 Å². The molecule has 0 fully saturated rings. The maximum Gasteiger partial charge on any atom is 0.408 e. The summed E-state index contributed by atoms with van der Waals surface area (Å²) in [6.45, 7) is 9.45. The molecule has 1 aromatic rings. The molecule has 1 rings (SSSR count). The van der Waals surface area contributed by atoms with Crippen LogP contribution in [0.4, 0.5) is 18.9 Å². The zero-order valence-electron chi connectivity index (χ0n) is 15.5. The minimum Gasteiger partial charge on any atom is -0.430 e. The van der Waals surface area contributed by atoms with Crippen LogP contribution in [0.25, 0.3) is 0 Å². The molecule has 0 aromatic heterocycles. The van der Waals surface area contributed by atoms with Gasteiger partial charge in [0.1, 0.15) is 5.75 Å². The minimum absolute atomic E-state index is 0.0344. The SMILES string of the molecule is CC.CC/C(C)=C(Br)/C(F)=C(/C)N(C)c1ccc(OC(F)(F)P)cc1. The van der Waals surface area contributed by atoms with Gasteiger partial charge in [-0.05, 0) is 69.7 Å². The van der Waals surface area contributed by atoms with Crippen LogP contribution in [0.5, 0.6) is 5.75 Å². The molecule has 0 N–H and O–H groups in total. The highest BCUT2D eigenvalue weighted by Gasteiger charge is 2.23. The molecule has 2 nitrogen and oxygen atoms in total. The average molecular weight is 440 g/mol. The highest BCUT2D eigenvalue weighted by atomic mass is 79.9. The summed E-state index contributed by atoms with van der Waals surface area (Å²) in [6.07, 6.45) is 0.736. The summed E-state index contributed by atoms with van der Waals surface area (Å²) in [4.78, 5) is 1.64. The van der Waals surface area contributed by atoms with Gasteiger partial charge in [0.15, 0.2) is 5.83 Å². The largest absolute Gasteiger partial charge is 0.430 e. The maximum atomic E-state index is 14.5. The van der Waals surface area contributed by atoms with Gasteiger partial charge in [-0.3, -0.25) is 0 Å². The zero-order valence-corrected chi connectivity index (χ0v) is 18.2. The van der Waals surface area contributed by atoms with E-state index in [9.17, 15) is 13.2 Å². The van der Waals surface area contributed by atoms with Crippen molar-refractivity contribution in [3.8, 4) is 5.75 Å². The fourth-order valence-electron chi connectivity index (χ4n) is 1.74. The molecular weight excluding hydrogens is 414 g/mol. The van der Waals surface area contributed by atoms with Crippen LogP contribution in [0, 0.1) is 0 Å². The Morgan fingerprint density at radius 3 is 2.08 bits per heavy atom. The first-order valence-corrected chi connectivity index (χ1v) is 9.35. The van der Waals surface area contributed by atoms with Gasteiger partial charge in [0.05, 0.1) is 10.2 Å². The third-order valence-corrected chi connectivity index (χ3v) is 4.54. The van der Waals surface area contributed by atoms with Gasteiger partial charge in [0.25, 0.3) is 0 Å². The molecule has 0 heterocycles. The molecule has 0 saturated heterocycles. The first-order valence-electron chi connectivity index (χ1n) is 7.98. The van der Waals surface area contributed by atoms with Crippen molar-refractivity contribution in [2.45, 2.75) is 46.9 Å². The van der Waals surface area contributed by atoms with E-state index in [1.54, 1.807) is 31.0 Å². The van der Waals surface area contributed by atoms with E-state index >= 15 is 0 Å². The van der Waals surface area contributed by atoms with Crippen molar-refractivity contribution in [3.63, 3.8) is 0 Å². The summed E-state index contributed by atoms with van der Waals surface area (Å²) in [5, 5.41) is 0. The van der Waals surface area contributed by atoms with E-state index in [0.29, 0.717) is 15.9 Å². The van der Waals surface area contributed by atoms with Crippen molar-refractivity contribution in [1.29, 1.82) is 0 Å². The third-order valence-electron chi connectivity index (χ3n) is 3.40. The van der Waals surface area contributed by atoms with Crippen LogP contribution in [0.15, 0.2) is 45.8 Å². The van der Waals surface area contributed by atoms with E-state index in [-0.39, 0.29) is 11.6 Å². The molecule has 7 heteroatoms. The number of allylic oxidation sites excluding steroid dienone is 4. The van der Waals surface area contributed by atoms with Crippen LogP contribution >= 0.6 is 25.2 Å². The van der Waals surface area contributed by atoms with Crippen molar-refractivity contribution in [2.24, 2.45) is 0 Å². The Morgan fingerprint density at radius 2 is 1.68 bits per heavy atom. The van der Waals surface area contributed by atoms with Gasteiger partial charge in [-0.15, -0.1) is 0 Å². The number of benzene rings is 1. The van der Waals surface area contributed by atoms with E-state index in [2.05, 4.69) is 20.7 Å². The smallest absolute Gasteiger partial charge is 0.408 e. The summed E-state index contributed by atoms with van der Waals surface area (Å²) in [5.41, 5.74) is 1.97. The highest BCUT2D eigenvalue weighted by molar-refractivity contribution is 9.12. The Kier molecular flexibility index (Phi) is 10.4. The zero-order chi connectivity index (χ0) is 19.8. The topological polar surface area (TPSA) is 12.5 Å². The number of anilines is 1. The van der Waals surface area contributed by atoms with Crippen LogP contribution in [-0.2, 0) is 0 Å². The van der Waals surface area contributed by atoms with Gasteiger partial charge in [-0.2, -0.15) is 8.78 Å². The highest BCUT2D eigenvalue weighted by Crippen LogP contribution is 2.32. The van der Waals surface area contributed by atoms with Crippen molar-refractivity contribution < 1.29 is 17.9 Å². The van der Waals surface area contributed by atoms with Crippen molar-refractivity contribution in [1.82, 2.24) is 0 Å². The molecular formula is C18H26BrF3NOP. The summed E-state index contributed by atoms with van der Waals surface area (Å²) in [7, 11) is 3.02. The van der Waals surface area contributed by atoms with Crippen LogP contribution in [0.1, 0.15) is 41.0 Å². The molecule has 1 aromatic carbocycles. The summed E-state index contributed by atoms with van der Waals surface area (Å²) in [5.74, 6) is -3.64. The van der Waals surface area contributed by atoms with E-state index in [0.717, 1.165) is 12.0 Å². The van der Waals surface area contributed by atoms with Crippen LogP contribution < -0.4 is 9.64 Å². The monoisotopic (exact) mass is 439 g/mol. The first-order chi connectivity index (χ1) is 11.6. The molecule has 1 unspecified atom stereocenters. The lowest BCUT2D eigenvalue weighted by Crippen LogP contribution is -2.17. The van der Waals surface area contributed by atoms with E-state index in [1.807, 2.05) is 27.7 Å². The van der Waals surface area contributed by atoms with Gasteiger partial charge in [0.2, 0.25) is 0 Å². The standard InChI is InChI=1S/C16H20BrF3NOP.C2H6/c1-5-10(2)14(17)15(18)11(3)21(4)12-6-8-13(9-7-12)22-16(19,20)23;1-2/h6-9H,5,23H2,1-4H3;1-2H3/b14-10-,15-11+;. The van der Waals surface area contributed by atoms with Crippen molar-refractivity contribution in [2.75, 3.05) is 11.9 Å². The minimum atomic E-state index is -3.32. The Bertz CT molecular complexity index is 610. The number of nitrogens with zero attached hydrogens (tertiary/aromatic N) is 1. The Labute approximate surface area is 159 Å². The lowest BCUT2D eigenvalue weighted by atomic mass is 10.2. The fraction of sp³-hybridized carbons (Fsp3) is 0.444. The second kappa shape index (κ2) is 10.9. The number of hydrogen-bond donors (Lipinski definition) is 0. The number of halogens is 4. The fourth-order valence-corrected chi connectivity index (χ4v) is 2.44. The molecule has 0 aliphatic carbocycles. The number of ether oxygens (including phenoxy) is 1. The number of alkyl halides is 2. The first kappa shape index (κ1) is 24.0. The lowest BCUT2D eigenvalue weighted by molar-refractivity contribution is -0.0892. The molecule has 1 atom stereocenters. The van der Waals surface area contributed by atoms with E-state index in [4.69, 9.17) is 0 Å². The predicted molar refractivity (Wildman–Crippen MR) is 107 cm³/mol. The van der Waals surface area contributed by atoms with Crippen molar-refractivity contribution >= 4 is 30.9 Å². The summed E-state index contributed by atoms with van der Waals surface area (Å²) >= 11 is 3.27. The third kappa shape index (κ3) is 7.83. The molecule has 0 saturated carbocycles. The van der Waals surface area contributed by atoms with Gasteiger partial charge >= 0.3 is 5.85 Å². The maximum absolute atomic E-state index is 14.5. The summed E-state index contributed by atoms with van der Waals surface area (Å²) < 4.78 is 44.9. The van der Waals surface area contributed by atoms with E-state index < -0.39 is 5.85 Å². The van der Waals surface area contributed by atoms with Crippen LogP contribution in [-0.4, -0.2) is 12.9 Å². The molecule has 0 aliphatic rings. The average Bonchev–Trinajstić information content (AvgIpc) is 2.59. The molecule has 0 amide bonds. The molecule has 0 radical (unpaired) electrons. The normalized spacial score (nSPS) is 13.2. The van der Waals surface area contributed by atoms with Crippen LogP contribution in [0.3, 0.4) is 0 Å². The Balaban J connectivity index is 0.00000277. The van der Waals surface area contributed by atoms with Gasteiger partial charge in [-0.1, -0.05) is 26.3 Å². The number of hydrogen-bond acceptors (Lipinski definition) is 2. The Hall–Kier alpha value is -1.00. The second-order valence-corrected chi connectivity index (χ2v) is 6.53. The van der Waals surface area contributed by atoms with Gasteiger partial charge < -0.3 is 9.64 Å². The molecule has 0 bridgehead atoms. The van der Waals surface area contributed by atoms with Gasteiger partial charge in [-0.25, -0.2) is 4.39 Å². The summed E-state index contributed by atoms with van der Waals surface area (Å²) in [6, 6.07) is 6.01. The molecule has 0 spiro atoms. The quantitative estimate of drug-likeness (QED) is 0.342. The number of rotatable bonds is 6. The Morgan fingerprint density at radius 1 is 1.20 bits per heavy atom. The molecule has 25 heavy (non-hydrogen) atoms. The second-order valence-electron chi connectivity index (χ2n) is 5.06. The molecule has 0 aliphatic heterocycles.